The first-order valence-electron chi connectivity index (χ1n) is 6.49. The third-order valence-electron chi connectivity index (χ3n) is 2.77. The van der Waals surface area contributed by atoms with Crippen LogP contribution in [-0.2, 0) is 22.3 Å². The number of hydrogen-bond acceptors (Lipinski definition) is 4. The molecule has 0 radical (unpaired) electrons. The fraction of sp³-hybridized carbons (Fsp3) is 0.143. The Morgan fingerprint density at radius 2 is 1.83 bits per heavy atom. The van der Waals surface area contributed by atoms with Crippen molar-refractivity contribution in [3.8, 4) is 0 Å². The van der Waals surface area contributed by atoms with Gasteiger partial charge < -0.3 is 10.6 Å². The lowest BCUT2D eigenvalue weighted by Gasteiger charge is -2.08. The van der Waals surface area contributed by atoms with E-state index in [4.69, 9.17) is 0 Å². The van der Waals surface area contributed by atoms with Crippen LogP contribution < -0.4 is 10.6 Å². The van der Waals surface area contributed by atoms with Gasteiger partial charge >= 0.3 is 18.0 Å². The Morgan fingerprint density at radius 1 is 1.08 bits per heavy atom. The van der Waals surface area contributed by atoms with Crippen molar-refractivity contribution in [1.82, 2.24) is 15.3 Å². The molecule has 0 aliphatic rings. The summed E-state index contributed by atoms with van der Waals surface area (Å²) in [6, 6.07) is 4.13. The van der Waals surface area contributed by atoms with Gasteiger partial charge in [0.25, 0.3) is 0 Å². The maximum absolute atomic E-state index is 13.3. The molecule has 0 bridgehead atoms. The first-order valence-corrected chi connectivity index (χ1v) is 6.49. The molecule has 126 valence electrons. The second kappa shape index (κ2) is 7.02. The lowest BCUT2D eigenvalue weighted by Crippen LogP contribution is -2.35. The van der Waals surface area contributed by atoms with Gasteiger partial charge in [0.15, 0.2) is 0 Å². The molecule has 0 saturated carbocycles. The fourth-order valence-corrected chi connectivity index (χ4v) is 1.62. The van der Waals surface area contributed by atoms with Crippen LogP contribution in [0.5, 0.6) is 0 Å². The lowest BCUT2D eigenvalue weighted by molar-refractivity contribution is -0.141. The van der Waals surface area contributed by atoms with Crippen molar-refractivity contribution in [2.45, 2.75) is 12.7 Å². The van der Waals surface area contributed by atoms with E-state index in [0.29, 0.717) is 6.07 Å². The fourth-order valence-electron chi connectivity index (χ4n) is 1.62. The molecular formula is C14H10F4N4O2. The van der Waals surface area contributed by atoms with Gasteiger partial charge in [0, 0.05) is 6.20 Å². The molecule has 6 nitrogen and oxygen atoms in total. The van der Waals surface area contributed by atoms with Crippen LogP contribution in [0.25, 0.3) is 0 Å². The van der Waals surface area contributed by atoms with Crippen molar-refractivity contribution in [3.05, 3.63) is 53.9 Å². The van der Waals surface area contributed by atoms with Gasteiger partial charge in [-0.25, -0.2) is 9.37 Å². The highest BCUT2D eigenvalue weighted by Crippen LogP contribution is 2.27. The predicted octanol–water partition coefficient (Wildman–Crippen LogP) is 1.89. The smallest absolute Gasteiger partial charge is 0.342 e. The minimum atomic E-state index is -4.60. The van der Waals surface area contributed by atoms with Gasteiger partial charge in [-0.1, -0.05) is 0 Å². The van der Waals surface area contributed by atoms with E-state index in [2.05, 4.69) is 20.6 Å². The minimum absolute atomic E-state index is 0.0603. The van der Waals surface area contributed by atoms with Crippen molar-refractivity contribution < 1.29 is 27.2 Å². The number of aromatic nitrogens is 2. The molecule has 2 rings (SSSR count). The average molecular weight is 342 g/mol. The van der Waals surface area contributed by atoms with E-state index >= 15 is 0 Å². The maximum Gasteiger partial charge on any atom is 0.433 e. The number of nitrogens with one attached hydrogen (secondary N) is 2. The highest BCUT2D eigenvalue weighted by Gasteiger charge is 2.32. The number of carbonyl (C=O) groups is 2. The molecule has 2 aromatic heterocycles. The number of pyridine rings is 2. The zero-order chi connectivity index (χ0) is 17.7. The summed E-state index contributed by atoms with van der Waals surface area (Å²) in [7, 11) is 0. The molecule has 0 saturated heterocycles. The lowest BCUT2D eigenvalue weighted by atomic mass is 10.3. The molecular weight excluding hydrogens is 332 g/mol. The number of nitrogens with zero attached hydrogens (tertiary/aromatic N) is 2. The van der Waals surface area contributed by atoms with E-state index in [1.807, 2.05) is 0 Å². The Balaban J connectivity index is 1.92. The van der Waals surface area contributed by atoms with Crippen LogP contribution in [0, 0.1) is 5.82 Å². The number of hydrogen-bond donors (Lipinski definition) is 2. The Bertz CT molecular complexity index is 747. The summed E-state index contributed by atoms with van der Waals surface area (Å²) in [5.41, 5.74) is -1.28. The van der Waals surface area contributed by atoms with E-state index in [9.17, 15) is 27.2 Å². The second-order valence-electron chi connectivity index (χ2n) is 4.50. The molecule has 2 aromatic rings. The summed E-state index contributed by atoms with van der Waals surface area (Å²) in [5, 5.41) is 4.22. The molecule has 0 spiro atoms. The third-order valence-corrected chi connectivity index (χ3v) is 2.77. The van der Waals surface area contributed by atoms with E-state index < -0.39 is 29.5 Å². The SMILES string of the molecule is O=C(NCc1ncccc1F)C(=O)Nc1ccc(C(F)(F)F)nc1. The van der Waals surface area contributed by atoms with Gasteiger partial charge in [0.05, 0.1) is 24.1 Å². The molecule has 0 fully saturated rings. The first kappa shape index (κ1) is 17.3. The zero-order valence-corrected chi connectivity index (χ0v) is 11.9. The van der Waals surface area contributed by atoms with Crippen LogP contribution >= 0.6 is 0 Å². The van der Waals surface area contributed by atoms with Crippen LogP contribution in [0.3, 0.4) is 0 Å². The van der Waals surface area contributed by atoms with Gasteiger partial charge in [0.1, 0.15) is 11.5 Å². The monoisotopic (exact) mass is 342 g/mol. The minimum Gasteiger partial charge on any atom is -0.342 e. The first-order chi connectivity index (χ1) is 11.3. The number of amides is 2. The van der Waals surface area contributed by atoms with Gasteiger partial charge in [-0.3, -0.25) is 14.6 Å². The van der Waals surface area contributed by atoms with Crippen LogP contribution in [0.2, 0.25) is 0 Å². The Hall–Kier alpha value is -3.04. The van der Waals surface area contributed by atoms with E-state index in [0.717, 1.165) is 18.3 Å². The van der Waals surface area contributed by atoms with Gasteiger partial charge in [-0.05, 0) is 24.3 Å². The number of anilines is 1. The average Bonchev–Trinajstić information content (AvgIpc) is 2.53. The predicted molar refractivity (Wildman–Crippen MR) is 73.9 cm³/mol. The molecule has 0 aliphatic heterocycles. The molecule has 2 amide bonds. The molecule has 2 heterocycles. The van der Waals surface area contributed by atoms with Crippen molar-refractivity contribution >= 4 is 17.5 Å². The van der Waals surface area contributed by atoms with Gasteiger partial charge in [0.2, 0.25) is 0 Å². The third kappa shape index (κ3) is 4.48. The summed E-state index contributed by atoms with van der Waals surface area (Å²) < 4.78 is 50.4. The Kier molecular flexibility index (Phi) is 5.07. The number of rotatable bonds is 3. The molecule has 0 unspecified atom stereocenters. The van der Waals surface area contributed by atoms with E-state index in [-0.39, 0.29) is 17.9 Å². The zero-order valence-electron chi connectivity index (χ0n) is 11.9. The second-order valence-corrected chi connectivity index (χ2v) is 4.50. The number of halogens is 4. The van der Waals surface area contributed by atoms with Crippen molar-refractivity contribution in [2.75, 3.05) is 5.32 Å². The number of carbonyl (C=O) groups excluding carboxylic acids is 2. The van der Waals surface area contributed by atoms with E-state index in [1.54, 1.807) is 0 Å². The highest BCUT2D eigenvalue weighted by molar-refractivity contribution is 6.39. The summed E-state index contributed by atoms with van der Waals surface area (Å²) >= 11 is 0. The molecule has 0 aromatic carbocycles. The van der Waals surface area contributed by atoms with Crippen LogP contribution in [0.15, 0.2) is 36.7 Å². The van der Waals surface area contributed by atoms with Crippen LogP contribution in [0.4, 0.5) is 23.2 Å². The molecule has 0 atom stereocenters. The van der Waals surface area contributed by atoms with Crippen molar-refractivity contribution in [3.63, 3.8) is 0 Å². The largest absolute Gasteiger partial charge is 0.433 e. The standard InChI is InChI=1S/C14H10F4N4O2/c15-9-2-1-5-19-10(9)7-21-12(23)13(24)22-8-3-4-11(20-6-8)14(16,17)18/h1-6H,7H2,(H,21,23)(H,22,24). The quantitative estimate of drug-likeness (QED) is 0.659. The maximum atomic E-state index is 13.3. The normalized spacial score (nSPS) is 11.0. The molecule has 24 heavy (non-hydrogen) atoms. The summed E-state index contributed by atoms with van der Waals surface area (Å²) in [5.74, 6) is -2.88. The topological polar surface area (TPSA) is 84.0 Å². The Morgan fingerprint density at radius 3 is 2.42 bits per heavy atom. The molecule has 0 aliphatic carbocycles. The highest BCUT2D eigenvalue weighted by atomic mass is 19.4. The molecule has 2 N–H and O–H groups in total. The van der Waals surface area contributed by atoms with Crippen molar-refractivity contribution in [1.29, 1.82) is 0 Å². The molecule has 10 heteroatoms. The summed E-state index contributed by atoms with van der Waals surface area (Å²) in [4.78, 5) is 30.0. The Labute approximate surface area is 132 Å². The van der Waals surface area contributed by atoms with Crippen LogP contribution in [-0.4, -0.2) is 21.8 Å². The summed E-state index contributed by atoms with van der Waals surface area (Å²) in [6.07, 6.45) is -2.52. The van der Waals surface area contributed by atoms with Gasteiger partial charge in [-0.15, -0.1) is 0 Å². The number of alkyl halides is 3. The van der Waals surface area contributed by atoms with Crippen molar-refractivity contribution in [2.24, 2.45) is 0 Å². The summed E-state index contributed by atoms with van der Waals surface area (Å²) in [6.45, 7) is -0.315. The van der Waals surface area contributed by atoms with Gasteiger partial charge in [-0.2, -0.15) is 13.2 Å². The van der Waals surface area contributed by atoms with E-state index in [1.165, 1.54) is 12.3 Å². The van der Waals surface area contributed by atoms with Crippen LogP contribution in [0.1, 0.15) is 11.4 Å².